The molecule has 1 aliphatic rings. The lowest BCUT2D eigenvalue weighted by Crippen LogP contribution is -2.23. The third kappa shape index (κ3) is 3.37. The third-order valence-electron chi connectivity index (χ3n) is 1.70. The molecule has 0 amide bonds. The van der Waals surface area contributed by atoms with E-state index in [9.17, 15) is 13.2 Å². The van der Waals surface area contributed by atoms with Gasteiger partial charge in [0.2, 0.25) is 0 Å². The summed E-state index contributed by atoms with van der Waals surface area (Å²) in [6.45, 7) is 1.85. The summed E-state index contributed by atoms with van der Waals surface area (Å²) in [5.74, 6) is -0.405. The Labute approximate surface area is 82.8 Å². The van der Waals surface area contributed by atoms with Crippen LogP contribution >= 0.6 is 0 Å². The van der Waals surface area contributed by atoms with Gasteiger partial charge in [-0.25, -0.2) is 4.79 Å². The summed E-state index contributed by atoms with van der Waals surface area (Å²) < 4.78 is 31.1. The summed E-state index contributed by atoms with van der Waals surface area (Å²) >= 11 is 0. The second-order valence-corrected chi connectivity index (χ2v) is 4.64. The van der Waals surface area contributed by atoms with Crippen LogP contribution in [0, 0.1) is 0 Å². The summed E-state index contributed by atoms with van der Waals surface area (Å²) in [6.07, 6.45) is 2.66. The van der Waals surface area contributed by atoms with Crippen LogP contribution in [-0.4, -0.2) is 26.7 Å². The second-order valence-electron chi connectivity index (χ2n) is 3.07. The standard InChI is InChI=1S/C8H12O5S/c1-3-6-4-7(5-8(9)12-6)13-14(2,10)11/h5-6H,3-4H2,1-2H3. The van der Waals surface area contributed by atoms with Crippen molar-refractivity contribution >= 4 is 16.1 Å². The number of carbonyl (C=O) groups is 1. The molecule has 0 spiro atoms. The Kier molecular flexibility index (Phi) is 3.15. The molecule has 6 heteroatoms. The van der Waals surface area contributed by atoms with Crippen molar-refractivity contribution < 1.29 is 22.1 Å². The zero-order valence-electron chi connectivity index (χ0n) is 8.02. The predicted molar refractivity (Wildman–Crippen MR) is 48.8 cm³/mol. The summed E-state index contributed by atoms with van der Waals surface area (Å²) in [5.41, 5.74) is 0. The first-order valence-corrected chi connectivity index (χ1v) is 6.03. The van der Waals surface area contributed by atoms with E-state index in [1.54, 1.807) is 0 Å². The van der Waals surface area contributed by atoms with Crippen LogP contribution in [-0.2, 0) is 23.8 Å². The Morgan fingerprint density at radius 3 is 2.79 bits per heavy atom. The van der Waals surface area contributed by atoms with Gasteiger partial charge in [-0.1, -0.05) is 6.92 Å². The quantitative estimate of drug-likeness (QED) is 0.513. The van der Waals surface area contributed by atoms with E-state index in [2.05, 4.69) is 4.18 Å². The van der Waals surface area contributed by atoms with Gasteiger partial charge in [0, 0.05) is 6.42 Å². The van der Waals surface area contributed by atoms with Crippen molar-refractivity contribution in [2.24, 2.45) is 0 Å². The van der Waals surface area contributed by atoms with E-state index in [0.29, 0.717) is 12.8 Å². The highest BCUT2D eigenvalue weighted by atomic mass is 32.2. The first-order chi connectivity index (χ1) is 6.40. The molecule has 0 saturated heterocycles. The number of rotatable bonds is 3. The Morgan fingerprint density at radius 1 is 1.64 bits per heavy atom. The lowest BCUT2D eigenvalue weighted by molar-refractivity contribution is -0.145. The molecule has 0 N–H and O–H groups in total. The SMILES string of the molecule is CCC1CC(OS(C)(=O)=O)=CC(=O)O1. The van der Waals surface area contributed by atoms with Crippen LogP contribution in [0.5, 0.6) is 0 Å². The van der Waals surface area contributed by atoms with Crippen molar-refractivity contribution in [3.8, 4) is 0 Å². The number of cyclic esters (lactones) is 1. The molecule has 1 unspecified atom stereocenters. The largest absolute Gasteiger partial charge is 0.459 e. The van der Waals surface area contributed by atoms with Crippen molar-refractivity contribution in [1.29, 1.82) is 0 Å². The van der Waals surface area contributed by atoms with Gasteiger partial charge in [0.1, 0.15) is 11.9 Å². The van der Waals surface area contributed by atoms with E-state index in [1.807, 2.05) is 6.92 Å². The average molecular weight is 220 g/mol. The predicted octanol–water partition coefficient (Wildman–Crippen LogP) is 0.572. The molecular weight excluding hydrogens is 208 g/mol. The average Bonchev–Trinajstić information content (AvgIpc) is 1.99. The van der Waals surface area contributed by atoms with Gasteiger partial charge in [-0.2, -0.15) is 8.42 Å². The fraction of sp³-hybridized carbons (Fsp3) is 0.625. The third-order valence-corrected chi connectivity index (χ3v) is 2.22. The number of hydrogen-bond acceptors (Lipinski definition) is 5. The van der Waals surface area contributed by atoms with Crippen LogP contribution in [0.1, 0.15) is 19.8 Å². The van der Waals surface area contributed by atoms with Crippen LogP contribution < -0.4 is 0 Å². The van der Waals surface area contributed by atoms with Crippen molar-refractivity contribution in [1.82, 2.24) is 0 Å². The van der Waals surface area contributed by atoms with Gasteiger partial charge in [-0.15, -0.1) is 0 Å². The number of esters is 1. The smallest absolute Gasteiger partial charge is 0.334 e. The van der Waals surface area contributed by atoms with Crippen molar-refractivity contribution in [2.75, 3.05) is 6.26 Å². The Balaban J connectivity index is 2.74. The summed E-state index contributed by atoms with van der Waals surface area (Å²) in [5, 5.41) is 0. The molecule has 0 radical (unpaired) electrons. The van der Waals surface area contributed by atoms with Crippen LogP contribution in [0.4, 0.5) is 0 Å². The zero-order chi connectivity index (χ0) is 10.8. The van der Waals surface area contributed by atoms with Crippen LogP contribution in [0.3, 0.4) is 0 Å². The van der Waals surface area contributed by atoms with E-state index < -0.39 is 16.1 Å². The maximum absolute atomic E-state index is 11.0. The van der Waals surface area contributed by atoms with E-state index in [4.69, 9.17) is 4.74 Å². The molecule has 0 fully saturated rings. The molecule has 14 heavy (non-hydrogen) atoms. The fourth-order valence-corrected chi connectivity index (χ4v) is 1.64. The van der Waals surface area contributed by atoms with Crippen LogP contribution in [0.15, 0.2) is 11.8 Å². The van der Waals surface area contributed by atoms with E-state index in [1.165, 1.54) is 0 Å². The maximum atomic E-state index is 11.0. The Bertz CT molecular complexity index is 354. The van der Waals surface area contributed by atoms with Crippen molar-refractivity contribution in [3.63, 3.8) is 0 Å². The highest BCUT2D eigenvalue weighted by Crippen LogP contribution is 2.20. The van der Waals surface area contributed by atoms with E-state index in [-0.39, 0.29) is 11.9 Å². The van der Waals surface area contributed by atoms with E-state index in [0.717, 1.165) is 12.3 Å². The zero-order valence-corrected chi connectivity index (χ0v) is 8.83. The molecule has 1 atom stereocenters. The first kappa shape index (κ1) is 11.0. The van der Waals surface area contributed by atoms with Crippen LogP contribution in [0.2, 0.25) is 0 Å². The monoisotopic (exact) mass is 220 g/mol. The fourth-order valence-electron chi connectivity index (χ4n) is 1.13. The van der Waals surface area contributed by atoms with Crippen LogP contribution in [0.25, 0.3) is 0 Å². The molecule has 1 rings (SSSR count). The molecule has 0 aromatic rings. The number of ether oxygens (including phenoxy) is 1. The molecule has 80 valence electrons. The number of hydrogen-bond donors (Lipinski definition) is 0. The van der Waals surface area contributed by atoms with Gasteiger partial charge < -0.3 is 8.92 Å². The molecular formula is C8H12O5S. The topological polar surface area (TPSA) is 69.7 Å². The maximum Gasteiger partial charge on any atom is 0.334 e. The van der Waals surface area contributed by atoms with Gasteiger partial charge in [0.15, 0.2) is 0 Å². The highest BCUT2D eigenvalue weighted by molar-refractivity contribution is 7.86. The van der Waals surface area contributed by atoms with Gasteiger partial charge in [0.05, 0.1) is 12.3 Å². The van der Waals surface area contributed by atoms with Gasteiger partial charge in [-0.3, -0.25) is 0 Å². The summed E-state index contributed by atoms with van der Waals surface area (Å²) in [6, 6.07) is 0. The molecule has 5 nitrogen and oxygen atoms in total. The van der Waals surface area contributed by atoms with Gasteiger partial charge in [0.25, 0.3) is 0 Å². The second kappa shape index (κ2) is 4.00. The minimum atomic E-state index is -3.55. The Hall–Kier alpha value is -1.04. The molecule has 0 saturated carbocycles. The van der Waals surface area contributed by atoms with Gasteiger partial charge >= 0.3 is 16.1 Å². The Morgan fingerprint density at radius 2 is 2.29 bits per heavy atom. The molecule has 0 aromatic heterocycles. The van der Waals surface area contributed by atoms with Crippen molar-refractivity contribution in [3.05, 3.63) is 11.8 Å². The molecule has 0 aromatic carbocycles. The molecule has 1 aliphatic heterocycles. The molecule has 1 heterocycles. The number of carbonyl (C=O) groups excluding carboxylic acids is 1. The molecule has 0 aliphatic carbocycles. The van der Waals surface area contributed by atoms with E-state index >= 15 is 0 Å². The normalized spacial score (nSPS) is 22.6. The van der Waals surface area contributed by atoms with Gasteiger partial charge in [-0.05, 0) is 6.42 Å². The lowest BCUT2D eigenvalue weighted by atomic mass is 10.1. The minimum absolute atomic E-state index is 0.149. The first-order valence-electron chi connectivity index (χ1n) is 4.21. The van der Waals surface area contributed by atoms with Crippen molar-refractivity contribution in [2.45, 2.75) is 25.9 Å². The summed E-state index contributed by atoms with van der Waals surface area (Å²) in [7, 11) is -3.55. The minimum Gasteiger partial charge on any atom is -0.459 e. The lowest BCUT2D eigenvalue weighted by Gasteiger charge is -2.20. The summed E-state index contributed by atoms with van der Waals surface area (Å²) in [4.78, 5) is 11.0. The highest BCUT2D eigenvalue weighted by Gasteiger charge is 2.23. The molecule has 0 bridgehead atoms.